The second kappa shape index (κ2) is 5.47. The lowest BCUT2D eigenvalue weighted by atomic mass is 9.88. The summed E-state index contributed by atoms with van der Waals surface area (Å²) in [5.41, 5.74) is 0.884. The molecule has 3 nitrogen and oxygen atoms in total. The minimum absolute atomic E-state index is 0.151. The number of phenols is 1. The van der Waals surface area contributed by atoms with Crippen LogP contribution in [0.25, 0.3) is 0 Å². The molecule has 0 aromatic heterocycles. The van der Waals surface area contributed by atoms with E-state index in [-0.39, 0.29) is 11.7 Å². The van der Waals surface area contributed by atoms with E-state index in [2.05, 4.69) is 0 Å². The number of aromatic hydroxyl groups is 1. The van der Waals surface area contributed by atoms with Crippen molar-refractivity contribution in [2.75, 3.05) is 13.6 Å². The summed E-state index contributed by atoms with van der Waals surface area (Å²) in [6, 6.07) is 6.98. The van der Waals surface area contributed by atoms with Crippen molar-refractivity contribution in [3.63, 3.8) is 0 Å². The van der Waals surface area contributed by atoms with E-state index in [9.17, 15) is 9.90 Å². The van der Waals surface area contributed by atoms with Gasteiger partial charge in [-0.2, -0.15) is 0 Å². The first-order valence-corrected chi connectivity index (χ1v) is 7.63. The van der Waals surface area contributed by atoms with Gasteiger partial charge in [0.2, 0.25) is 5.91 Å². The second-order valence-electron chi connectivity index (χ2n) is 6.56. The molecule has 0 heterocycles. The molecule has 2 aliphatic carbocycles. The molecule has 108 valence electrons. The Bertz CT molecular complexity index is 500. The van der Waals surface area contributed by atoms with Crippen LogP contribution in [0, 0.1) is 17.8 Å². The molecular weight excluding hydrogens is 250 g/mol. The average Bonchev–Trinajstić information content (AvgIpc) is 3.01. The van der Waals surface area contributed by atoms with E-state index in [1.165, 1.54) is 25.7 Å². The smallest absolute Gasteiger partial charge is 0.226 e. The van der Waals surface area contributed by atoms with Crippen LogP contribution in [-0.2, 0) is 11.2 Å². The highest BCUT2D eigenvalue weighted by molar-refractivity contribution is 5.78. The molecule has 3 unspecified atom stereocenters. The molecular formula is C17H23NO2. The van der Waals surface area contributed by atoms with Crippen LogP contribution in [0.15, 0.2) is 24.3 Å². The van der Waals surface area contributed by atoms with Crippen LogP contribution >= 0.6 is 0 Å². The summed E-state index contributed by atoms with van der Waals surface area (Å²) in [5, 5.41) is 9.44. The number of carbonyl (C=O) groups is 1. The fourth-order valence-corrected chi connectivity index (χ4v) is 4.03. The van der Waals surface area contributed by atoms with Crippen molar-refractivity contribution in [3.05, 3.63) is 29.8 Å². The van der Waals surface area contributed by atoms with Crippen LogP contribution in [0.3, 0.4) is 0 Å². The van der Waals surface area contributed by atoms with Gasteiger partial charge in [0.25, 0.3) is 0 Å². The predicted molar refractivity (Wildman–Crippen MR) is 78.4 cm³/mol. The quantitative estimate of drug-likeness (QED) is 0.916. The van der Waals surface area contributed by atoms with Gasteiger partial charge in [0.05, 0.1) is 6.42 Å². The van der Waals surface area contributed by atoms with Gasteiger partial charge in [-0.3, -0.25) is 4.79 Å². The Morgan fingerprint density at radius 1 is 1.35 bits per heavy atom. The minimum atomic E-state index is 0.151. The molecule has 0 radical (unpaired) electrons. The Morgan fingerprint density at radius 3 is 2.85 bits per heavy atom. The molecule has 0 spiro atoms. The molecule has 2 saturated carbocycles. The highest BCUT2D eigenvalue weighted by Gasteiger charge is 2.39. The number of benzene rings is 1. The Hall–Kier alpha value is -1.51. The van der Waals surface area contributed by atoms with Gasteiger partial charge in [0.1, 0.15) is 5.75 Å². The number of fused-ring (bicyclic) bond motifs is 2. The van der Waals surface area contributed by atoms with Crippen molar-refractivity contribution >= 4 is 5.91 Å². The summed E-state index contributed by atoms with van der Waals surface area (Å²) >= 11 is 0. The topological polar surface area (TPSA) is 40.5 Å². The van der Waals surface area contributed by atoms with Gasteiger partial charge in [-0.1, -0.05) is 18.6 Å². The van der Waals surface area contributed by atoms with Crippen LogP contribution in [0.5, 0.6) is 5.75 Å². The Kier molecular flexibility index (Phi) is 3.68. The maximum Gasteiger partial charge on any atom is 0.226 e. The molecule has 0 aliphatic heterocycles. The zero-order valence-electron chi connectivity index (χ0n) is 12.1. The molecule has 1 aromatic carbocycles. The van der Waals surface area contributed by atoms with E-state index < -0.39 is 0 Å². The number of phenolic OH excluding ortho intramolecular Hbond substituents is 1. The van der Waals surface area contributed by atoms with Crippen molar-refractivity contribution in [3.8, 4) is 5.75 Å². The van der Waals surface area contributed by atoms with Gasteiger partial charge in [-0.15, -0.1) is 0 Å². The standard InChI is InChI=1S/C17H23NO2/c1-18(11-15-8-13-5-6-14(15)7-13)17(20)10-12-3-2-4-16(19)9-12/h2-4,9,13-15,19H,5-8,10-11H2,1H3. The summed E-state index contributed by atoms with van der Waals surface area (Å²) in [7, 11) is 1.91. The molecule has 2 aliphatic rings. The molecule has 0 saturated heterocycles. The van der Waals surface area contributed by atoms with Crippen molar-refractivity contribution in [2.24, 2.45) is 17.8 Å². The molecule has 1 aromatic rings. The summed E-state index contributed by atoms with van der Waals surface area (Å²) in [5.74, 6) is 2.88. The van der Waals surface area contributed by atoms with E-state index in [1.54, 1.807) is 18.2 Å². The molecule has 1 amide bonds. The summed E-state index contributed by atoms with van der Waals surface area (Å²) in [4.78, 5) is 14.1. The van der Waals surface area contributed by atoms with E-state index >= 15 is 0 Å². The number of likely N-dealkylation sites (N-methyl/N-ethyl adjacent to an activating group) is 1. The maximum absolute atomic E-state index is 12.3. The third kappa shape index (κ3) is 2.82. The van der Waals surface area contributed by atoms with Gasteiger partial charge in [-0.05, 0) is 54.7 Å². The van der Waals surface area contributed by atoms with Crippen molar-refractivity contribution in [1.29, 1.82) is 0 Å². The third-order valence-corrected chi connectivity index (χ3v) is 5.08. The minimum Gasteiger partial charge on any atom is -0.508 e. The van der Waals surface area contributed by atoms with Crippen LogP contribution in [0.1, 0.15) is 31.2 Å². The van der Waals surface area contributed by atoms with Gasteiger partial charge in [0.15, 0.2) is 0 Å². The molecule has 1 N–H and O–H groups in total. The lowest BCUT2D eigenvalue weighted by molar-refractivity contribution is -0.129. The first-order chi connectivity index (χ1) is 9.61. The number of nitrogens with zero attached hydrogens (tertiary/aromatic N) is 1. The lowest BCUT2D eigenvalue weighted by Gasteiger charge is -2.27. The number of rotatable bonds is 4. The number of amides is 1. The third-order valence-electron chi connectivity index (χ3n) is 5.08. The van der Waals surface area contributed by atoms with Crippen LogP contribution in [0.4, 0.5) is 0 Å². The average molecular weight is 273 g/mol. The van der Waals surface area contributed by atoms with E-state index in [0.29, 0.717) is 12.3 Å². The highest BCUT2D eigenvalue weighted by atomic mass is 16.3. The molecule has 3 atom stereocenters. The SMILES string of the molecule is CN(CC1CC2CCC1C2)C(=O)Cc1cccc(O)c1. The van der Waals surface area contributed by atoms with Crippen molar-refractivity contribution in [1.82, 2.24) is 4.90 Å². The van der Waals surface area contributed by atoms with Crippen molar-refractivity contribution < 1.29 is 9.90 Å². The summed E-state index contributed by atoms with van der Waals surface area (Å²) in [6.45, 7) is 0.902. The molecule has 3 heteroatoms. The van der Waals surface area contributed by atoms with Gasteiger partial charge in [0, 0.05) is 13.6 Å². The Labute approximate surface area is 120 Å². The van der Waals surface area contributed by atoms with E-state index in [1.807, 2.05) is 18.0 Å². The highest BCUT2D eigenvalue weighted by Crippen LogP contribution is 2.48. The first-order valence-electron chi connectivity index (χ1n) is 7.63. The lowest BCUT2D eigenvalue weighted by Crippen LogP contribution is -2.34. The van der Waals surface area contributed by atoms with Gasteiger partial charge in [-0.25, -0.2) is 0 Å². The second-order valence-corrected chi connectivity index (χ2v) is 6.56. The zero-order valence-corrected chi connectivity index (χ0v) is 12.1. The fourth-order valence-electron chi connectivity index (χ4n) is 4.03. The summed E-state index contributed by atoms with van der Waals surface area (Å²) in [6.07, 6.45) is 5.85. The zero-order chi connectivity index (χ0) is 14.1. The van der Waals surface area contributed by atoms with Gasteiger partial charge >= 0.3 is 0 Å². The van der Waals surface area contributed by atoms with Crippen molar-refractivity contribution in [2.45, 2.75) is 32.1 Å². The maximum atomic E-state index is 12.3. The Balaban J connectivity index is 1.54. The van der Waals surface area contributed by atoms with E-state index in [0.717, 1.165) is 23.9 Å². The summed E-state index contributed by atoms with van der Waals surface area (Å²) < 4.78 is 0. The van der Waals surface area contributed by atoms with Crippen LogP contribution < -0.4 is 0 Å². The molecule has 2 bridgehead atoms. The van der Waals surface area contributed by atoms with E-state index in [4.69, 9.17) is 0 Å². The number of hydrogen-bond donors (Lipinski definition) is 1. The first kappa shape index (κ1) is 13.5. The monoisotopic (exact) mass is 273 g/mol. The molecule has 3 rings (SSSR count). The predicted octanol–water partition coefficient (Wildman–Crippen LogP) is 2.83. The fraction of sp³-hybridized carbons (Fsp3) is 0.588. The number of hydrogen-bond acceptors (Lipinski definition) is 2. The Morgan fingerprint density at radius 2 is 2.20 bits per heavy atom. The number of carbonyl (C=O) groups excluding carboxylic acids is 1. The van der Waals surface area contributed by atoms with Crippen LogP contribution in [0.2, 0.25) is 0 Å². The molecule has 20 heavy (non-hydrogen) atoms. The van der Waals surface area contributed by atoms with Gasteiger partial charge < -0.3 is 10.0 Å². The normalized spacial score (nSPS) is 27.8. The largest absolute Gasteiger partial charge is 0.508 e. The molecule has 2 fully saturated rings. The van der Waals surface area contributed by atoms with Crippen LogP contribution in [-0.4, -0.2) is 29.5 Å².